The van der Waals surface area contributed by atoms with E-state index >= 15 is 0 Å². The Labute approximate surface area is 167 Å². The molecule has 1 saturated heterocycles. The summed E-state index contributed by atoms with van der Waals surface area (Å²) in [6, 6.07) is 11.0. The van der Waals surface area contributed by atoms with Gasteiger partial charge in [0, 0.05) is 38.6 Å². The van der Waals surface area contributed by atoms with Crippen LogP contribution in [0.4, 0.5) is 5.69 Å². The number of piperidine rings is 1. The molecule has 28 heavy (non-hydrogen) atoms. The second-order valence-corrected chi connectivity index (χ2v) is 9.22. The van der Waals surface area contributed by atoms with Crippen molar-refractivity contribution < 1.29 is 13.2 Å². The average molecular weight is 404 g/mol. The summed E-state index contributed by atoms with van der Waals surface area (Å²) in [5.74, 6) is -0.178. The van der Waals surface area contributed by atoms with Gasteiger partial charge in [-0.2, -0.15) is 4.31 Å². The van der Waals surface area contributed by atoms with Gasteiger partial charge in [-0.1, -0.05) is 38.0 Å². The fourth-order valence-electron chi connectivity index (χ4n) is 3.55. The number of anilines is 1. The Kier molecular flexibility index (Phi) is 6.57. The highest BCUT2D eigenvalue weighted by molar-refractivity contribution is 7.89. The maximum absolute atomic E-state index is 13.3. The summed E-state index contributed by atoms with van der Waals surface area (Å²) < 4.78 is 29.1. The van der Waals surface area contributed by atoms with Crippen LogP contribution in [0.1, 0.15) is 49.5 Å². The topological polar surface area (TPSA) is 62.6 Å². The number of rotatable bonds is 7. The Morgan fingerprint density at radius 2 is 1.79 bits per heavy atom. The lowest BCUT2D eigenvalue weighted by Crippen LogP contribution is -2.35. The van der Waals surface area contributed by atoms with E-state index in [0.29, 0.717) is 25.3 Å². The predicted octanol–water partition coefficient (Wildman–Crippen LogP) is 3.65. The SMILES string of the molecule is CCCCN(C(=O)c1cc(S(=O)(=O)N2CCCCC2)cn1C)c1ccccc1. The van der Waals surface area contributed by atoms with E-state index in [0.717, 1.165) is 37.8 Å². The molecule has 1 aromatic carbocycles. The Morgan fingerprint density at radius 1 is 1.11 bits per heavy atom. The number of benzene rings is 1. The third kappa shape index (κ3) is 4.31. The van der Waals surface area contributed by atoms with Crippen LogP contribution in [-0.4, -0.2) is 42.8 Å². The van der Waals surface area contributed by atoms with Gasteiger partial charge in [0.1, 0.15) is 10.6 Å². The van der Waals surface area contributed by atoms with Crippen LogP contribution in [0, 0.1) is 0 Å². The lowest BCUT2D eigenvalue weighted by atomic mass is 10.2. The third-order valence-electron chi connectivity index (χ3n) is 5.20. The quantitative estimate of drug-likeness (QED) is 0.709. The standard InChI is InChI=1S/C21H29N3O3S/c1-3-4-15-24(18-11-7-5-8-12-18)21(25)20-16-19(17-22(20)2)28(26,27)23-13-9-6-10-14-23/h5,7-8,11-12,16-17H,3-4,6,9-10,13-15H2,1-2H3. The molecule has 0 spiro atoms. The smallest absolute Gasteiger partial charge is 0.274 e. The minimum atomic E-state index is -3.56. The summed E-state index contributed by atoms with van der Waals surface area (Å²) in [6.45, 7) is 3.78. The molecular formula is C21H29N3O3S. The van der Waals surface area contributed by atoms with Gasteiger partial charge in [-0.05, 0) is 37.5 Å². The summed E-state index contributed by atoms with van der Waals surface area (Å²) in [5, 5.41) is 0. The number of aryl methyl sites for hydroxylation is 1. The number of nitrogens with zero attached hydrogens (tertiary/aromatic N) is 3. The normalized spacial score (nSPS) is 15.5. The van der Waals surface area contributed by atoms with E-state index in [2.05, 4.69) is 6.92 Å². The summed E-state index contributed by atoms with van der Waals surface area (Å²) in [4.78, 5) is 15.2. The van der Waals surface area contributed by atoms with Crippen LogP contribution < -0.4 is 4.90 Å². The molecule has 3 rings (SSSR count). The molecular weight excluding hydrogens is 374 g/mol. The van der Waals surface area contributed by atoms with Crippen LogP contribution in [0.2, 0.25) is 0 Å². The van der Waals surface area contributed by atoms with Crippen molar-refractivity contribution in [1.29, 1.82) is 0 Å². The number of aromatic nitrogens is 1. The first kappa shape index (κ1) is 20.6. The zero-order valence-corrected chi connectivity index (χ0v) is 17.5. The van der Waals surface area contributed by atoms with E-state index in [9.17, 15) is 13.2 Å². The Morgan fingerprint density at radius 3 is 2.43 bits per heavy atom. The first-order chi connectivity index (χ1) is 13.4. The Bertz CT molecular complexity index is 900. The molecule has 0 aliphatic carbocycles. The molecule has 0 N–H and O–H groups in total. The molecule has 1 aliphatic rings. The highest BCUT2D eigenvalue weighted by Gasteiger charge is 2.29. The lowest BCUT2D eigenvalue weighted by molar-refractivity contribution is 0.0979. The number of unbranched alkanes of at least 4 members (excludes halogenated alkanes) is 1. The number of hydrogen-bond acceptors (Lipinski definition) is 3. The van der Waals surface area contributed by atoms with Crippen molar-refractivity contribution in [2.75, 3.05) is 24.5 Å². The highest BCUT2D eigenvalue weighted by atomic mass is 32.2. The van der Waals surface area contributed by atoms with Gasteiger partial charge in [0.05, 0.1) is 0 Å². The summed E-state index contributed by atoms with van der Waals surface area (Å²) in [7, 11) is -1.84. The zero-order chi connectivity index (χ0) is 20.1. The van der Waals surface area contributed by atoms with Gasteiger partial charge >= 0.3 is 0 Å². The van der Waals surface area contributed by atoms with Crippen LogP contribution in [0.25, 0.3) is 0 Å². The monoisotopic (exact) mass is 403 g/mol. The number of para-hydroxylation sites is 1. The molecule has 0 saturated carbocycles. The summed E-state index contributed by atoms with van der Waals surface area (Å²) >= 11 is 0. The molecule has 7 heteroatoms. The van der Waals surface area contributed by atoms with Crippen LogP contribution in [0.3, 0.4) is 0 Å². The van der Waals surface area contributed by atoms with Crippen molar-refractivity contribution in [3.05, 3.63) is 48.3 Å². The first-order valence-electron chi connectivity index (χ1n) is 9.98. The molecule has 1 aliphatic heterocycles. The third-order valence-corrected chi connectivity index (χ3v) is 7.06. The number of carbonyl (C=O) groups is 1. The molecule has 1 fully saturated rings. The largest absolute Gasteiger partial charge is 0.345 e. The van der Waals surface area contributed by atoms with E-state index in [-0.39, 0.29) is 10.8 Å². The lowest BCUT2D eigenvalue weighted by Gasteiger charge is -2.25. The van der Waals surface area contributed by atoms with Crippen molar-refractivity contribution in [2.45, 2.75) is 43.9 Å². The van der Waals surface area contributed by atoms with Gasteiger partial charge in [0.2, 0.25) is 10.0 Å². The number of amides is 1. The molecule has 0 atom stereocenters. The van der Waals surface area contributed by atoms with E-state index in [1.807, 2.05) is 30.3 Å². The molecule has 0 bridgehead atoms. The number of hydrogen-bond donors (Lipinski definition) is 0. The minimum Gasteiger partial charge on any atom is -0.345 e. The molecule has 0 unspecified atom stereocenters. The zero-order valence-electron chi connectivity index (χ0n) is 16.7. The molecule has 1 aromatic heterocycles. The van der Waals surface area contributed by atoms with E-state index in [4.69, 9.17) is 0 Å². The van der Waals surface area contributed by atoms with Gasteiger partial charge in [-0.25, -0.2) is 8.42 Å². The first-order valence-corrected chi connectivity index (χ1v) is 11.4. The van der Waals surface area contributed by atoms with E-state index < -0.39 is 10.0 Å². The Balaban J connectivity index is 1.91. The molecule has 1 amide bonds. The highest BCUT2D eigenvalue weighted by Crippen LogP contribution is 2.24. The van der Waals surface area contributed by atoms with Crippen LogP contribution in [-0.2, 0) is 17.1 Å². The fourth-order valence-corrected chi connectivity index (χ4v) is 5.14. The molecule has 0 radical (unpaired) electrons. The van der Waals surface area contributed by atoms with Crippen LogP contribution >= 0.6 is 0 Å². The van der Waals surface area contributed by atoms with Crippen molar-refractivity contribution in [3.8, 4) is 0 Å². The number of sulfonamides is 1. The predicted molar refractivity (Wildman–Crippen MR) is 111 cm³/mol. The van der Waals surface area contributed by atoms with Gasteiger partial charge in [0.15, 0.2) is 0 Å². The summed E-state index contributed by atoms with van der Waals surface area (Å²) in [5.41, 5.74) is 1.21. The molecule has 6 nitrogen and oxygen atoms in total. The van der Waals surface area contributed by atoms with Gasteiger partial charge in [0.25, 0.3) is 5.91 Å². The molecule has 152 valence electrons. The second kappa shape index (κ2) is 8.92. The summed E-state index contributed by atoms with van der Waals surface area (Å²) in [6.07, 6.45) is 6.24. The average Bonchev–Trinajstić information content (AvgIpc) is 3.12. The maximum Gasteiger partial charge on any atom is 0.274 e. The molecule has 2 aromatic rings. The van der Waals surface area contributed by atoms with Crippen LogP contribution in [0.5, 0.6) is 0 Å². The van der Waals surface area contributed by atoms with Crippen molar-refractivity contribution >= 4 is 21.6 Å². The van der Waals surface area contributed by atoms with Gasteiger partial charge in [-0.15, -0.1) is 0 Å². The van der Waals surface area contributed by atoms with Crippen molar-refractivity contribution in [2.24, 2.45) is 7.05 Å². The van der Waals surface area contributed by atoms with Crippen molar-refractivity contribution in [3.63, 3.8) is 0 Å². The van der Waals surface area contributed by atoms with Gasteiger partial charge in [-0.3, -0.25) is 4.79 Å². The number of carbonyl (C=O) groups excluding carboxylic acids is 1. The van der Waals surface area contributed by atoms with E-state index in [1.165, 1.54) is 10.4 Å². The van der Waals surface area contributed by atoms with Crippen LogP contribution in [0.15, 0.2) is 47.5 Å². The Hall–Kier alpha value is -2.12. The molecule has 2 heterocycles. The van der Waals surface area contributed by atoms with E-state index in [1.54, 1.807) is 22.7 Å². The minimum absolute atomic E-state index is 0.178. The maximum atomic E-state index is 13.3. The van der Waals surface area contributed by atoms with Crippen molar-refractivity contribution in [1.82, 2.24) is 8.87 Å². The fraction of sp³-hybridized carbons (Fsp3) is 0.476. The second-order valence-electron chi connectivity index (χ2n) is 7.28. The van der Waals surface area contributed by atoms with Gasteiger partial charge < -0.3 is 9.47 Å².